The number of hydrogen-bond donors (Lipinski definition) is 1. The van der Waals surface area contributed by atoms with E-state index < -0.39 is 5.60 Å². The van der Waals surface area contributed by atoms with E-state index in [2.05, 4.69) is 9.89 Å². The van der Waals surface area contributed by atoms with E-state index in [-0.39, 0.29) is 12.1 Å². The summed E-state index contributed by atoms with van der Waals surface area (Å²) in [6, 6.07) is 0.112. The first-order valence-electron chi connectivity index (χ1n) is 7.91. The monoisotopic (exact) mass is 296 g/mol. The smallest absolute Gasteiger partial charge is 0.410 e. The molecule has 2 fully saturated rings. The Morgan fingerprint density at radius 3 is 2.19 bits per heavy atom. The van der Waals surface area contributed by atoms with Crippen LogP contribution >= 0.6 is 0 Å². The van der Waals surface area contributed by atoms with Gasteiger partial charge >= 0.3 is 6.09 Å². The summed E-state index contributed by atoms with van der Waals surface area (Å²) in [7, 11) is 0. The first-order chi connectivity index (χ1) is 9.85. The number of nitrogens with zero attached hydrogens (tertiary/aromatic N) is 3. The predicted octanol–water partition coefficient (Wildman–Crippen LogP) is 1.80. The third kappa shape index (κ3) is 4.79. The third-order valence-corrected chi connectivity index (χ3v) is 3.76. The molecule has 2 aliphatic heterocycles. The van der Waals surface area contributed by atoms with Gasteiger partial charge in [-0.3, -0.25) is 0 Å². The van der Waals surface area contributed by atoms with Crippen LogP contribution in [0.5, 0.6) is 0 Å². The topological polar surface area (TPSA) is 71.2 Å². The fourth-order valence-electron chi connectivity index (χ4n) is 2.58. The van der Waals surface area contributed by atoms with Crippen molar-refractivity contribution in [3.05, 3.63) is 0 Å². The molecule has 0 aromatic heterocycles. The van der Waals surface area contributed by atoms with Crippen LogP contribution in [0.3, 0.4) is 0 Å². The highest BCUT2D eigenvalue weighted by Gasteiger charge is 2.34. The van der Waals surface area contributed by atoms with Crippen molar-refractivity contribution in [2.45, 2.75) is 58.1 Å². The van der Waals surface area contributed by atoms with E-state index in [9.17, 15) is 4.79 Å². The molecule has 2 heterocycles. The van der Waals surface area contributed by atoms with E-state index in [0.717, 1.165) is 13.1 Å². The molecular weight excluding hydrogens is 268 g/mol. The lowest BCUT2D eigenvalue weighted by Gasteiger charge is -2.38. The Morgan fingerprint density at radius 1 is 1.10 bits per heavy atom. The maximum atomic E-state index is 11.8. The molecule has 0 spiro atoms. The van der Waals surface area contributed by atoms with Crippen molar-refractivity contribution >= 4 is 12.1 Å². The quantitative estimate of drug-likeness (QED) is 0.591. The summed E-state index contributed by atoms with van der Waals surface area (Å²) in [5.41, 5.74) is 5.64. The van der Waals surface area contributed by atoms with Gasteiger partial charge < -0.3 is 20.3 Å². The zero-order chi connectivity index (χ0) is 15.5. The van der Waals surface area contributed by atoms with Crippen molar-refractivity contribution in [2.24, 2.45) is 10.7 Å². The summed E-state index contributed by atoms with van der Waals surface area (Å²) in [6.45, 7) is 8.81. The van der Waals surface area contributed by atoms with Gasteiger partial charge in [0.1, 0.15) is 5.60 Å². The van der Waals surface area contributed by atoms with Crippen molar-refractivity contribution in [2.75, 3.05) is 26.2 Å². The molecule has 0 radical (unpaired) electrons. The van der Waals surface area contributed by atoms with Gasteiger partial charge in [-0.25, -0.2) is 9.79 Å². The minimum Gasteiger partial charge on any atom is -0.444 e. The zero-order valence-electron chi connectivity index (χ0n) is 13.5. The summed E-state index contributed by atoms with van der Waals surface area (Å²) < 4.78 is 5.32. The van der Waals surface area contributed by atoms with E-state index in [1.54, 1.807) is 4.90 Å². The van der Waals surface area contributed by atoms with Gasteiger partial charge in [-0.1, -0.05) is 12.8 Å². The van der Waals surface area contributed by atoms with E-state index in [4.69, 9.17) is 10.5 Å². The van der Waals surface area contributed by atoms with Crippen LogP contribution in [-0.2, 0) is 4.74 Å². The Balaban J connectivity index is 1.78. The number of ether oxygens (including phenoxy) is 1. The summed E-state index contributed by atoms with van der Waals surface area (Å²) in [6.07, 6.45) is 4.66. The molecule has 6 nitrogen and oxygen atoms in total. The number of nitrogens with two attached hydrogens (primary N) is 1. The van der Waals surface area contributed by atoms with Gasteiger partial charge in [0.05, 0.1) is 6.04 Å². The molecule has 120 valence electrons. The summed E-state index contributed by atoms with van der Waals surface area (Å²) in [5.74, 6) is 0.630. The minimum absolute atomic E-state index is 0.112. The summed E-state index contributed by atoms with van der Waals surface area (Å²) in [5, 5.41) is 0. The first kappa shape index (κ1) is 15.9. The average molecular weight is 296 g/mol. The molecule has 1 amide bonds. The molecule has 2 saturated heterocycles. The van der Waals surface area contributed by atoms with Crippen LogP contribution in [0, 0.1) is 0 Å². The number of carbonyl (C=O) groups excluding carboxylic acids is 1. The number of rotatable bonds is 1. The van der Waals surface area contributed by atoms with Crippen molar-refractivity contribution in [1.29, 1.82) is 0 Å². The van der Waals surface area contributed by atoms with Gasteiger partial charge in [-0.05, 0) is 33.6 Å². The van der Waals surface area contributed by atoms with E-state index >= 15 is 0 Å². The lowest BCUT2D eigenvalue weighted by atomic mass is 10.1. The van der Waals surface area contributed by atoms with Crippen molar-refractivity contribution in [3.63, 3.8) is 0 Å². The molecule has 0 bridgehead atoms. The highest BCUT2D eigenvalue weighted by Crippen LogP contribution is 2.17. The van der Waals surface area contributed by atoms with Crippen LogP contribution < -0.4 is 5.73 Å². The molecule has 2 N–H and O–H groups in total. The second kappa shape index (κ2) is 6.54. The second-order valence-electron chi connectivity index (χ2n) is 6.93. The summed E-state index contributed by atoms with van der Waals surface area (Å²) >= 11 is 0. The Hall–Kier alpha value is -1.46. The Bertz CT molecular complexity index is 389. The van der Waals surface area contributed by atoms with Crippen LogP contribution in [0.1, 0.15) is 46.5 Å². The Kier molecular flexibility index (Phi) is 4.96. The number of aliphatic imine (C=N–C) groups is 1. The van der Waals surface area contributed by atoms with Gasteiger partial charge in [-0.2, -0.15) is 0 Å². The molecule has 0 atom stereocenters. The molecule has 0 aliphatic carbocycles. The standard InChI is InChI=1S/C15H28N4O2/c1-15(2,3)21-14(20)19-10-12(11-19)17-13(16)18-8-6-4-5-7-9-18/h12H,4-11H2,1-3H3,(H2,16,17). The molecule has 0 aromatic rings. The highest BCUT2D eigenvalue weighted by atomic mass is 16.6. The molecule has 21 heavy (non-hydrogen) atoms. The molecule has 0 unspecified atom stereocenters. The third-order valence-electron chi connectivity index (χ3n) is 3.76. The lowest BCUT2D eigenvalue weighted by molar-refractivity contribution is 0.00895. The Labute approximate surface area is 127 Å². The fourth-order valence-corrected chi connectivity index (χ4v) is 2.58. The number of likely N-dealkylation sites (tertiary alicyclic amines) is 2. The highest BCUT2D eigenvalue weighted by molar-refractivity contribution is 5.78. The predicted molar refractivity (Wildman–Crippen MR) is 83.3 cm³/mol. The Morgan fingerprint density at radius 2 is 1.67 bits per heavy atom. The van der Waals surface area contributed by atoms with Crippen LogP contribution in [0.25, 0.3) is 0 Å². The summed E-state index contributed by atoms with van der Waals surface area (Å²) in [4.78, 5) is 20.2. The SMILES string of the molecule is CC(C)(C)OC(=O)N1CC(N=C(N)N2CCCCCC2)C1. The number of guanidine groups is 1. The van der Waals surface area contributed by atoms with Crippen molar-refractivity contribution in [3.8, 4) is 0 Å². The minimum atomic E-state index is -0.448. The molecule has 2 aliphatic rings. The molecule has 2 rings (SSSR count). The van der Waals surface area contributed by atoms with E-state index in [1.807, 2.05) is 20.8 Å². The van der Waals surface area contributed by atoms with E-state index in [0.29, 0.717) is 19.0 Å². The molecular formula is C15H28N4O2. The van der Waals surface area contributed by atoms with Crippen molar-refractivity contribution < 1.29 is 9.53 Å². The van der Waals surface area contributed by atoms with Crippen LogP contribution in [0.2, 0.25) is 0 Å². The zero-order valence-corrected chi connectivity index (χ0v) is 13.5. The van der Waals surface area contributed by atoms with Gasteiger partial charge in [0, 0.05) is 26.2 Å². The van der Waals surface area contributed by atoms with Crippen LogP contribution in [-0.4, -0.2) is 59.7 Å². The first-order valence-corrected chi connectivity index (χ1v) is 7.91. The normalized spacial score (nSPS) is 21.8. The number of carbonyl (C=O) groups is 1. The average Bonchev–Trinajstić information content (AvgIpc) is 2.59. The van der Waals surface area contributed by atoms with Crippen LogP contribution in [0.15, 0.2) is 4.99 Å². The van der Waals surface area contributed by atoms with Gasteiger partial charge in [0.25, 0.3) is 0 Å². The maximum Gasteiger partial charge on any atom is 0.410 e. The van der Waals surface area contributed by atoms with Crippen molar-refractivity contribution in [1.82, 2.24) is 9.80 Å². The lowest BCUT2D eigenvalue weighted by Crippen LogP contribution is -2.55. The molecule has 0 saturated carbocycles. The largest absolute Gasteiger partial charge is 0.444 e. The van der Waals surface area contributed by atoms with Gasteiger partial charge in [-0.15, -0.1) is 0 Å². The fraction of sp³-hybridized carbons (Fsp3) is 0.867. The number of amides is 1. The number of hydrogen-bond acceptors (Lipinski definition) is 3. The molecule has 6 heteroatoms. The second-order valence-corrected chi connectivity index (χ2v) is 6.93. The van der Waals surface area contributed by atoms with E-state index in [1.165, 1.54) is 25.7 Å². The van der Waals surface area contributed by atoms with Gasteiger partial charge in [0.15, 0.2) is 5.96 Å². The van der Waals surface area contributed by atoms with Gasteiger partial charge in [0.2, 0.25) is 0 Å². The van der Waals surface area contributed by atoms with Crippen LogP contribution in [0.4, 0.5) is 4.79 Å². The maximum absolute atomic E-state index is 11.8. The molecule has 0 aromatic carbocycles.